The van der Waals surface area contributed by atoms with E-state index in [1.54, 1.807) is 0 Å². The van der Waals surface area contributed by atoms with Crippen LogP contribution in [0.3, 0.4) is 0 Å². The van der Waals surface area contributed by atoms with Gasteiger partial charge in [-0.05, 0) is 43.7 Å². The average Bonchev–Trinajstić information content (AvgIpc) is 2.68. The third-order valence-electron chi connectivity index (χ3n) is 5.12. The molecule has 2 aromatic rings. The highest BCUT2D eigenvalue weighted by Crippen LogP contribution is 2.30. The number of benzene rings is 2. The number of rotatable bonds is 5. The van der Waals surface area contributed by atoms with Gasteiger partial charge in [0.25, 0.3) is 0 Å². The van der Waals surface area contributed by atoms with Crippen molar-refractivity contribution >= 4 is 6.09 Å². The Hall–Kier alpha value is -2.33. The van der Waals surface area contributed by atoms with E-state index in [2.05, 4.69) is 6.92 Å². The van der Waals surface area contributed by atoms with Gasteiger partial charge in [0.15, 0.2) is 0 Å². The fourth-order valence-corrected chi connectivity index (χ4v) is 3.71. The zero-order chi connectivity index (χ0) is 18.4. The molecule has 138 valence electrons. The molecule has 4 heteroatoms. The molecule has 1 N–H and O–H groups in total. The second-order valence-electron chi connectivity index (χ2n) is 7.04. The number of hydrogen-bond acceptors (Lipinski definition) is 3. The molecule has 1 amide bonds. The minimum atomic E-state index is -0.573. The number of aliphatic hydroxyl groups excluding tert-OH is 1. The van der Waals surface area contributed by atoms with Gasteiger partial charge in [-0.3, -0.25) is 0 Å². The normalized spacial score (nSPS) is 21.2. The molecule has 26 heavy (non-hydrogen) atoms. The van der Waals surface area contributed by atoms with Crippen LogP contribution in [-0.4, -0.2) is 28.2 Å². The van der Waals surface area contributed by atoms with Gasteiger partial charge >= 0.3 is 6.09 Å². The van der Waals surface area contributed by atoms with E-state index in [0.717, 1.165) is 30.4 Å². The molecule has 0 bridgehead atoms. The first-order valence-corrected chi connectivity index (χ1v) is 9.37. The predicted octanol–water partition coefficient (Wildman–Crippen LogP) is 4.69. The SMILES string of the molecule is C[C@H]1CCC[C@@H](C[C@@H](O)c2ccccc2)N1C(=O)OCc1ccccc1. The molecule has 1 aliphatic rings. The molecule has 0 radical (unpaired) electrons. The van der Waals surface area contributed by atoms with Gasteiger partial charge in [-0.1, -0.05) is 60.7 Å². The maximum Gasteiger partial charge on any atom is 0.410 e. The summed E-state index contributed by atoms with van der Waals surface area (Å²) in [7, 11) is 0. The third-order valence-corrected chi connectivity index (χ3v) is 5.12. The maximum absolute atomic E-state index is 12.7. The van der Waals surface area contributed by atoms with Crippen molar-refractivity contribution in [3.63, 3.8) is 0 Å². The number of carbonyl (C=O) groups excluding carboxylic acids is 1. The molecular weight excluding hydrogens is 326 g/mol. The highest BCUT2D eigenvalue weighted by atomic mass is 16.6. The van der Waals surface area contributed by atoms with E-state index in [1.165, 1.54) is 0 Å². The van der Waals surface area contributed by atoms with Gasteiger partial charge in [0.05, 0.1) is 6.10 Å². The molecule has 4 nitrogen and oxygen atoms in total. The van der Waals surface area contributed by atoms with Gasteiger partial charge in [-0.15, -0.1) is 0 Å². The van der Waals surface area contributed by atoms with Gasteiger partial charge in [0.2, 0.25) is 0 Å². The molecule has 0 saturated carbocycles. The van der Waals surface area contributed by atoms with Crippen molar-refractivity contribution in [2.45, 2.75) is 57.4 Å². The van der Waals surface area contributed by atoms with Crippen LogP contribution in [0.25, 0.3) is 0 Å². The Morgan fingerprint density at radius 1 is 1.12 bits per heavy atom. The summed E-state index contributed by atoms with van der Waals surface area (Å²) < 4.78 is 5.56. The molecule has 1 heterocycles. The summed E-state index contributed by atoms with van der Waals surface area (Å²) in [5.41, 5.74) is 1.87. The minimum absolute atomic E-state index is 0.00257. The number of nitrogens with zero attached hydrogens (tertiary/aromatic N) is 1. The van der Waals surface area contributed by atoms with Gasteiger partial charge in [-0.2, -0.15) is 0 Å². The van der Waals surface area contributed by atoms with Crippen LogP contribution in [0.2, 0.25) is 0 Å². The molecule has 2 aromatic carbocycles. The molecule has 0 unspecified atom stereocenters. The van der Waals surface area contributed by atoms with Crippen LogP contribution < -0.4 is 0 Å². The number of ether oxygens (including phenoxy) is 1. The van der Waals surface area contributed by atoms with Crippen LogP contribution in [0, 0.1) is 0 Å². The Morgan fingerprint density at radius 3 is 2.46 bits per heavy atom. The van der Waals surface area contributed by atoms with Crippen molar-refractivity contribution in [2.24, 2.45) is 0 Å². The molecule has 0 spiro atoms. The van der Waals surface area contributed by atoms with Crippen molar-refractivity contribution in [1.29, 1.82) is 0 Å². The predicted molar refractivity (Wildman–Crippen MR) is 102 cm³/mol. The summed E-state index contributed by atoms with van der Waals surface area (Å²) in [4.78, 5) is 14.6. The van der Waals surface area contributed by atoms with E-state index < -0.39 is 6.10 Å². The van der Waals surface area contributed by atoms with E-state index in [-0.39, 0.29) is 24.8 Å². The van der Waals surface area contributed by atoms with Crippen molar-refractivity contribution in [3.05, 3.63) is 71.8 Å². The van der Waals surface area contributed by atoms with Crippen LogP contribution in [-0.2, 0) is 11.3 Å². The fraction of sp³-hybridized carbons (Fsp3) is 0.409. The minimum Gasteiger partial charge on any atom is -0.445 e. The van der Waals surface area contributed by atoms with Crippen molar-refractivity contribution in [3.8, 4) is 0 Å². The Morgan fingerprint density at radius 2 is 1.77 bits per heavy atom. The fourth-order valence-electron chi connectivity index (χ4n) is 3.71. The maximum atomic E-state index is 12.7. The van der Waals surface area contributed by atoms with E-state index in [1.807, 2.05) is 65.6 Å². The van der Waals surface area contributed by atoms with Crippen LogP contribution in [0.5, 0.6) is 0 Å². The van der Waals surface area contributed by atoms with Crippen LogP contribution in [0.1, 0.15) is 49.8 Å². The summed E-state index contributed by atoms with van der Waals surface area (Å²) in [6.07, 6.45) is 2.61. The quantitative estimate of drug-likeness (QED) is 0.848. The zero-order valence-corrected chi connectivity index (χ0v) is 15.3. The van der Waals surface area contributed by atoms with Crippen molar-refractivity contribution in [2.75, 3.05) is 0 Å². The molecule has 3 atom stereocenters. The molecular formula is C22H27NO3. The van der Waals surface area contributed by atoms with Crippen LogP contribution >= 0.6 is 0 Å². The lowest BCUT2D eigenvalue weighted by molar-refractivity contribution is 0.0273. The number of hydrogen-bond donors (Lipinski definition) is 1. The standard InChI is InChI=1S/C22H27NO3/c1-17-9-8-14-20(15-21(24)19-12-6-3-7-13-19)23(17)22(25)26-16-18-10-4-2-5-11-18/h2-7,10-13,17,20-21,24H,8-9,14-16H2,1H3/t17-,20-,21+/m0/s1. The summed E-state index contributed by atoms with van der Waals surface area (Å²) in [5.74, 6) is 0. The second-order valence-corrected chi connectivity index (χ2v) is 7.04. The Kier molecular flexibility index (Phi) is 6.29. The zero-order valence-electron chi connectivity index (χ0n) is 15.3. The van der Waals surface area contributed by atoms with Crippen molar-refractivity contribution < 1.29 is 14.6 Å². The number of aliphatic hydroxyl groups is 1. The van der Waals surface area contributed by atoms with E-state index >= 15 is 0 Å². The van der Waals surface area contributed by atoms with E-state index in [9.17, 15) is 9.90 Å². The average molecular weight is 353 g/mol. The highest BCUT2D eigenvalue weighted by Gasteiger charge is 2.34. The van der Waals surface area contributed by atoms with Crippen LogP contribution in [0.4, 0.5) is 4.79 Å². The molecule has 1 saturated heterocycles. The molecule has 1 aliphatic heterocycles. The number of carbonyl (C=O) groups is 1. The smallest absolute Gasteiger partial charge is 0.410 e. The summed E-state index contributed by atoms with van der Waals surface area (Å²) in [6, 6.07) is 19.5. The van der Waals surface area contributed by atoms with Crippen molar-refractivity contribution in [1.82, 2.24) is 4.90 Å². The first-order chi connectivity index (χ1) is 12.6. The summed E-state index contributed by atoms with van der Waals surface area (Å²) in [5, 5.41) is 10.6. The Labute approximate surface area is 155 Å². The molecule has 1 fully saturated rings. The molecule has 0 aromatic heterocycles. The third kappa shape index (κ3) is 4.64. The van der Waals surface area contributed by atoms with Gasteiger partial charge < -0.3 is 14.7 Å². The first kappa shape index (κ1) is 18.5. The number of amides is 1. The summed E-state index contributed by atoms with van der Waals surface area (Å²) >= 11 is 0. The molecule has 3 rings (SSSR count). The van der Waals surface area contributed by atoms with Crippen LogP contribution in [0.15, 0.2) is 60.7 Å². The first-order valence-electron chi connectivity index (χ1n) is 9.37. The van der Waals surface area contributed by atoms with E-state index in [0.29, 0.717) is 6.42 Å². The number of piperidine rings is 1. The number of likely N-dealkylation sites (tertiary alicyclic amines) is 1. The Balaban J connectivity index is 1.64. The van der Waals surface area contributed by atoms with E-state index in [4.69, 9.17) is 4.74 Å². The Bertz CT molecular complexity index is 689. The summed E-state index contributed by atoms with van der Waals surface area (Å²) in [6.45, 7) is 2.34. The lowest BCUT2D eigenvalue weighted by atomic mass is 9.91. The monoisotopic (exact) mass is 353 g/mol. The lowest BCUT2D eigenvalue weighted by Crippen LogP contribution is -2.49. The topological polar surface area (TPSA) is 49.8 Å². The highest BCUT2D eigenvalue weighted by molar-refractivity contribution is 5.68. The molecule has 0 aliphatic carbocycles. The largest absolute Gasteiger partial charge is 0.445 e. The lowest BCUT2D eigenvalue weighted by Gasteiger charge is -2.40. The van der Waals surface area contributed by atoms with Gasteiger partial charge in [0.1, 0.15) is 6.61 Å². The van der Waals surface area contributed by atoms with Gasteiger partial charge in [0, 0.05) is 12.1 Å². The second kappa shape index (κ2) is 8.86. The van der Waals surface area contributed by atoms with Gasteiger partial charge in [-0.25, -0.2) is 4.79 Å².